The minimum atomic E-state index is 0. The van der Waals surface area contributed by atoms with Crippen LogP contribution in [0.1, 0.15) is 51.2 Å². The molecule has 1 aromatic rings. The van der Waals surface area contributed by atoms with E-state index in [-0.39, 0.29) is 24.0 Å². The van der Waals surface area contributed by atoms with Crippen LogP contribution in [0.3, 0.4) is 0 Å². The SMILES string of the molecule is CCOC(CCNC(=NC)NC1CCN(Cc2ccccc2C)CC1)C(C)C.I. The molecular formula is C23H41IN4O. The van der Waals surface area contributed by atoms with E-state index in [1.54, 1.807) is 0 Å². The maximum atomic E-state index is 5.83. The van der Waals surface area contributed by atoms with Crippen molar-refractivity contribution in [3.63, 3.8) is 0 Å². The van der Waals surface area contributed by atoms with Crippen LogP contribution in [0.25, 0.3) is 0 Å². The van der Waals surface area contributed by atoms with Crippen LogP contribution in [-0.2, 0) is 11.3 Å². The van der Waals surface area contributed by atoms with Gasteiger partial charge in [0, 0.05) is 45.9 Å². The first-order valence-electron chi connectivity index (χ1n) is 10.9. The highest BCUT2D eigenvalue weighted by Crippen LogP contribution is 2.16. The van der Waals surface area contributed by atoms with Gasteiger partial charge in [-0.3, -0.25) is 9.89 Å². The predicted octanol–water partition coefficient (Wildman–Crippen LogP) is 4.19. The molecule has 166 valence electrons. The summed E-state index contributed by atoms with van der Waals surface area (Å²) < 4.78 is 5.83. The number of aliphatic imine (C=N–C) groups is 1. The number of guanidine groups is 1. The zero-order valence-electron chi connectivity index (χ0n) is 18.9. The second-order valence-electron chi connectivity index (χ2n) is 8.15. The molecule has 2 rings (SSSR count). The number of likely N-dealkylation sites (tertiary alicyclic amines) is 1. The molecule has 0 bridgehead atoms. The molecule has 5 nitrogen and oxygen atoms in total. The Bertz CT molecular complexity index is 600. The van der Waals surface area contributed by atoms with E-state index in [4.69, 9.17) is 4.74 Å². The van der Waals surface area contributed by atoms with Crippen LogP contribution in [0, 0.1) is 12.8 Å². The number of hydrogen-bond donors (Lipinski definition) is 2. The third kappa shape index (κ3) is 9.22. The molecule has 2 N–H and O–H groups in total. The van der Waals surface area contributed by atoms with Crippen molar-refractivity contribution >= 4 is 29.9 Å². The molecule has 0 spiro atoms. The van der Waals surface area contributed by atoms with Gasteiger partial charge in [-0.1, -0.05) is 38.1 Å². The van der Waals surface area contributed by atoms with E-state index < -0.39 is 0 Å². The Labute approximate surface area is 195 Å². The lowest BCUT2D eigenvalue weighted by Gasteiger charge is -2.33. The summed E-state index contributed by atoms with van der Waals surface area (Å²) in [6, 6.07) is 9.20. The Hall–Kier alpha value is -0.860. The minimum Gasteiger partial charge on any atom is -0.378 e. The fourth-order valence-corrected chi connectivity index (χ4v) is 3.81. The predicted molar refractivity (Wildman–Crippen MR) is 134 cm³/mol. The van der Waals surface area contributed by atoms with Crippen LogP contribution in [0.4, 0.5) is 0 Å². The first-order valence-corrected chi connectivity index (χ1v) is 10.9. The average molecular weight is 517 g/mol. The molecule has 1 saturated heterocycles. The monoisotopic (exact) mass is 516 g/mol. The Balaban J connectivity index is 0.00000420. The molecule has 1 unspecified atom stereocenters. The van der Waals surface area contributed by atoms with Crippen molar-refractivity contribution in [3.05, 3.63) is 35.4 Å². The smallest absolute Gasteiger partial charge is 0.191 e. The molecule has 29 heavy (non-hydrogen) atoms. The van der Waals surface area contributed by atoms with Crippen LogP contribution < -0.4 is 10.6 Å². The van der Waals surface area contributed by atoms with Crippen molar-refractivity contribution in [3.8, 4) is 0 Å². The zero-order valence-corrected chi connectivity index (χ0v) is 21.2. The third-order valence-corrected chi connectivity index (χ3v) is 5.65. The Morgan fingerprint density at radius 3 is 2.52 bits per heavy atom. The number of nitrogens with zero attached hydrogens (tertiary/aromatic N) is 2. The van der Waals surface area contributed by atoms with Gasteiger partial charge in [0.25, 0.3) is 0 Å². The Morgan fingerprint density at radius 2 is 1.93 bits per heavy atom. The zero-order chi connectivity index (χ0) is 20.4. The van der Waals surface area contributed by atoms with E-state index in [0.717, 1.165) is 58.0 Å². The van der Waals surface area contributed by atoms with Crippen molar-refractivity contribution < 1.29 is 4.74 Å². The molecule has 0 radical (unpaired) electrons. The lowest BCUT2D eigenvalue weighted by atomic mass is 10.0. The molecular weight excluding hydrogens is 475 g/mol. The summed E-state index contributed by atoms with van der Waals surface area (Å²) in [5, 5.41) is 7.07. The maximum Gasteiger partial charge on any atom is 0.191 e. The number of halogens is 1. The van der Waals surface area contributed by atoms with Gasteiger partial charge in [0.2, 0.25) is 0 Å². The molecule has 1 aromatic carbocycles. The highest BCUT2D eigenvalue weighted by Gasteiger charge is 2.20. The number of aryl methyl sites for hydroxylation is 1. The van der Waals surface area contributed by atoms with Crippen molar-refractivity contribution in [1.82, 2.24) is 15.5 Å². The van der Waals surface area contributed by atoms with Gasteiger partial charge in [-0.25, -0.2) is 0 Å². The summed E-state index contributed by atoms with van der Waals surface area (Å²) in [5.74, 6) is 1.45. The van der Waals surface area contributed by atoms with E-state index in [1.165, 1.54) is 11.1 Å². The van der Waals surface area contributed by atoms with Gasteiger partial charge in [0.1, 0.15) is 0 Å². The van der Waals surface area contributed by atoms with Crippen molar-refractivity contribution in [1.29, 1.82) is 0 Å². The summed E-state index contributed by atoms with van der Waals surface area (Å²) in [6.45, 7) is 13.7. The average Bonchev–Trinajstić information content (AvgIpc) is 2.69. The molecule has 0 aliphatic carbocycles. The quantitative estimate of drug-likeness (QED) is 0.294. The number of piperidine rings is 1. The van der Waals surface area contributed by atoms with Gasteiger partial charge in [-0.2, -0.15) is 0 Å². The summed E-state index contributed by atoms with van der Waals surface area (Å²) in [5.41, 5.74) is 2.83. The second-order valence-corrected chi connectivity index (χ2v) is 8.15. The van der Waals surface area contributed by atoms with Crippen molar-refractivity contribution in [2.75, 3.05) is 33.3 Å². The molecule has 1 heterocycles. The Kier molecular flexibility index (Phi) is 12.8. The van der Waals surface area contributed by atoms with Gasteiger partial charge < -0.3 is 15.4 Å². The van der Waals surface area contributed by atoms with E-state index in [2.05, 4.69) is 72.5 Å². The fourth-order valence-electron chi connectivity index (χ4n) is 3.81. The molecule has 1 fully saturated rings. The standard InChI is InChI=1S/C23H40N4O.HI/c1-6-28-22(18(2)3)11-14-25-23(24-5)26-21-12-15-27(16-13-21)17-20-10-8-7-9-19(20)4;/h7-10,18,21-22H,6,11-17H2,1-5H3,(H2,24,25,26);1H. The van der Waals surface area contributed by atoms with Crippen molar-refractivity contribution in [2.45, 2.75) is 65.6 Å². The lowest BCUT2D eigenvalue weighted by molar-refractivity contribution is 0.0258. The van der Waals surface area contributed by atoms with E-state index in [1.807, 2.05) is 7.05 Å². The molecule has 6 heteroatoms. The first-order chi connectivity index (χ1) is 13.5. The van der Waals surface area contributed by atoms with E-state index in [9.17, 15) is 0 Å². The number of ether oxygens (including phenoxy) is 1. The van der Waals surface area contributed by atoms with Gasteiger partial charge >= 0.3 is 0 Å². The number of nitrogens with one attached hydrogen (secondary N) is 2. The fraction of sp³-hybridized carbons (Fsp3) is 0.696. The molecule has 1 aliphatic heterocycles. The maximum absolute atomic E-state index is 5.83. The number of rotatable bonds is 9. The topological polar surface area (TPSA) is 48.9 Å². The largest absolute Gasteiger partial charge is 0.378 e. The highest BCUT2D eigenvalue weighted by molar-refractivity contribution is 14.0. The molecule has 1 aliphatic rings. The van der Waals surface area contributed by atoms with Crippen LogP contribution in [0.15, 0.2) is 29.3 Å². The summed E-state index contributed by atoms with van der Waals surface area (Å²) >= 11 is 0. The number of hydrogen-bond acceptors (Lipinski definition) is 3. The van der Waals surface area contributed by atoms with Gasteiger partial charge in [-0.15, -0.1) is 24.0 Å². The summed E-state index contributed by atoms with van der Waals surface area (Å²) in [4.78, 5) is 6.97. The van der Waals surface area contributed by atoms with Gasteiger partial charge in [-0.05, 0) is 50.2 Å². The number of benzene rings is 1. The molecule has 0 amide bonds. The minimum absolute atomic E-state index is 0. The second kappa shape index (κ2) is 14.2. The Morgan fingerprint density at radius 1 is 1.24 bits per heavy atom. The van der Waals surface area contributed by atoms with E-state index >= 15 is 0 Å². The first kappa shape index (κ1) is 26.2. The molecule has 1 atom stereocenters. The van der Waals surface area contributed by atoms with Crippen LogP contribution in [0.5, 0.6) is 0 Å². The molecule has 0 saturated carbocycles. The van der Waals surface area contributed by atoms with Crippen molar-refractivity contribution in [2.24, 2.45) is 10.9 Å². The molecule has 0 aromatic heterocycles. The lowest BCUT2D eigenvalue weighted by Crippen LogP contribution is -2.49. The normalized spacial score (nSPS) is 17.1. The summed E-state index contributed by atoms with van der Waals surface area (Å²) in [6.07, 6.45) is 3.61. The summed E-state index contributed by atoms with van der Waals surface area (Å²) in [7, 11) is 1.85. The van der Waals surface area contributed by atoms with Gasteiger partial charge in [0.05, 0.1) is 6.10 Å². The van der Waals surface area contributed by atoms with E-state index in [0.29, 0.717) is 18.1 Å². The van der Waals surface area contributed by atoms with Crippen LogP contribution in [0.2, 0.25) is 0 Å². The van der Waals surface area contributed by atoms with Crippen LogP contribution in [-0.4, -0.2) is 56.3 Å². The third-order valence-electron chi connectivity index (χ3n) is 5.65. The van der Waals surface area contributed by atoms with Gasteiger partial charge in [0.15, 0.2) is 5.96 Å². The van der Waals surface area contributed by atoms with Crippen LogP contribution >= 0.6 is 24.0 Å². The highest BCUT2D eigenvalue weighted by atomic mass is 127.